The smallest absolute Gasteiger partial charge is 0.270 e. The van der Waals surface area contributed by atoms with Crippen LogP contribution < -0.4 is 5.32 Å². The minimum atomic E-state index is -0.251. The molecule has 1 aliphatic rings. The van der Waals surface area contributed by atoms with E-state index < -0.39 is 0 Å². The average Bonchev–Trinajstić information content (AvgIpc) is 3.16. The topological polar surface area (TPSA) is 49.4 Å². The molecule has 1 N–H and O–H groups in total. The fourth-order valence-electron chi connectivity index (χ4n) is 3.29. The Bertz CT molecular complexity index is 855. The molecule has 0 unspecified atom stereocenters. The molecule has 0 spiro atoms. The first-order valence-corrected chi connectivity index (χ1v) is 10.2. The van der Waals surface area contributed by atoms with Crippen molar-refractivity contribution in [1.82, 2.24) is 10.2 Å². The molecule has 4 nitrogen and oxygen atoms in total. The van der Waals surface area contributed by atoms with E-state index in [9.17, 15) is 9.59 Å². The van der Waals surface area contributed by atoms with Crippen LogP contribution in [0.5, 0.6) is 0 Å². The Balaban J connectivity index is 1.84. The molecule has 2 aromatic rings. The number of hydrogen-bond donors (Lipinski definition) is 1. The van der Waals surface area contributed by atoms with Crippen LogP contribution in [-0.2, 0) is 4.79 Å². The van der Waals surface area contributed by atoms with Crippen LogP contribution in [0.1, 0.15) is 46.1 Å². The molecular formula is C22H26N2O2S. The van der Waals surface area contributed by atoms with Crippen LogP contribution in [0, 0.1) is 19.8 Å². The number of hydrogen-bond acceptors (Lipinski definition) is 3. The van der Waals surface area contributed by atoms with E-state index in [0.717, 1.165) is 41.9 Å². The third kappa shape index (κ3) is 4.86. The van der Waals surface area contributed by atoms with Gasteiger partial charge in [0.15, 0.2) is 0 Å². The van der Waals surface area contributed by atoms with Gasteiger partial charge in [-0.25, -0.2) is 0 Å². The predicted octanol–water partition coefficient (Wildman–Crippen LogP) is 4.39. The molecule has 0 radical (unpaired) electrons. The molecule has 27 heavy (non-hydrogen) atoms. The summed E-state index contributed by atoms with van der Waals surface area (Å²) < 4.78 is 0. The maximum Gasteiger partial charge on any atom is 0.270 e. The predicted molar refractivity (Wildman–Crippen MR) is 111 cm³/mol. The Kier molecular flexibility index (Phi) is 6.11. The lowest BCUT2D eigenvalue weighted by Crippen LogP contribution is -2.43. The zero-order chi connectivity index (χ0) is 19.4. The molecular weight excluding hydrogens is 356 g/mol. The summed E-state index contributed by atoms with van der Waals surface area (Å²) in [6, 6.07) is 9.47. The summed E-state index contributed by atoms with van der Waals surface area (Å²) in [5.41, 5.74) is 3.10. The summed E-state index contributed by atoms with van der Waals surface area (Å²) >= 11 is 1.54. The first-order valence-electron chi connectivity index (χ1n) is 9.37. The highest BCUT2D eigenvalue weighted by Crippen LogP contribution is 2.20. The van der Waals surface area contributed by atoms with Gasteiger partial charge in [-0.2, -0.15) is 0 Å². The molecule has 1 saturated heterocycles. The number of carbonyl (C=O) groups is 2. The quantitative estimate of drug-likeness (QED) is 0.797. The Morgan fingerprint density at radius 1 is 1.22 bits per heavy atom. The summed E-state index contributed by atoms with van der Waals surface area (Å²) in [6.07, 6.45) is 3.93. The third-order valence-corrected chi connectivity index (χ3v) is 5.84. The van der Waals surface area contributed by atoms with E-state index in [4.69, 9.17) is 0 Å². The second-order valence-corrected chi connectivity index (χ2v) is 8.30. The molecule has 142 valence electrons. The first kappa shape index (κ1) is 19.4. The lowest BCUT2D eigenvalue weighted by Gasteiger charge is -2.31. The number of nitrogens with zero attached hydrogens (tertiary/aromatic N) is 1. The van der Waals surface area contributed by atoms with E-state index in [2.05, 4.69) is 12.2 Å². The maximum atomic E-state index is 13.1. The number of benzene rings is 1. The molecule has 1 aromatic carbocycles. The molecule has 1 atom stereocenters. The van der Waals surface area contributed by atoms with Crippen LogP contribution in [0.25, 0.3) is 6.08 Å². The number of nitrogens with one attached hydrogen (secondary N) is 1. The van der Waals surface area contributed by atoms with Crippen molar-refractivity contribution in [3.05, 3.63) is 63.0 Å². The fraction of sp³-hybridized carbons (Fsp3) is 0.364. The number of piperidine rings is 1. The van der Waals surface area contributed by atoms with Gasteiger partial charge < -0.3 is 10.2 Å². The number of rotatable bonds is 4. The van der Waals surface area contributed by atoms with E-state index in [1.165, 1.54) is 0 Å². The number of likely N-dealkylation sites (tertiary alicyclic amines) is 1. The SMILES string of the molecule is Cc1ccc(C(=O)N/C(=C\c2cccs2)C(=O)N2CCC[C@@H](C)C2)cc1C. The van der Waals surface area contributed by atoms with Gasteiger partial charge in [-0.05, 0) is 73.4 Å². The Hall–Kier alpha value is -2.40. The molecule has 1 fully saturated rings. The highest BCUT2D eigenvalue weighted by atomic mass is 32.1. The van der Waals surface area contributed by atoms with Gasteiger partial charge in [0.1, 0.15) is 5.70 Å². The Morgan fingerprint density at radius 2 is 2.04 bits per heavy atom. The highest BCUT2D eigenvalue weighted by Gasteiger charge is 2.25. The minimum Gasteiger partial charge on any atom is -0.337 e. The van der Waals surface area contributed by atoms with Gasteiger partial charge in [0.2, 0.25) is 0 Å². The minimum absolute atomic E-state index is 0.105. The van der Waals surface area contributed by atoms with Gasteiger partial charge >= 0.3 is 0 Å². The van der Waals surface area contributed by atoms with Gasteiger partial charge in [-0.3, -0.25) is 9.59 Å². The summed E-state index contributed by atoms with van der Waals surface area (Å²) in [5.74, 6) is 0.132. The van der Waals surface area contributed by atoms with Crippen molar-refractivity contribution in [2.24, 2.45) is 5.92 Å². The zero-order valence-corrected chi connectivity index (χ0v) is 16.9. The van der Waals surface area contributed by atoms with E-state index in [0.29, 0.717) is 17.2 Å². The normalized spacial score (nSPS) is 17.7. The van der Waals surface area contributed by atoms with Gasteiger partial charge in [0.05, 0.1) is 0 Å². The van der Waals surface area contributed by atoms with E-state index in [1.807, 2.05) is 48.4 Å². The Labute approximate surface area is 164 Å². The lowest BCUT2D eigenvalue weighted by molar-refractivity contribution is -0.129. The van der Waals surface area contributed by atoms with E-state index in [1.54, 1.807) is 23.5 Å². The molecule has 2 heterocycles. The van der Waals surface area contributed by atoms with Crippen molar-refractivity contribution in [1.29, 1.82) is 0 Å². The van der Waals surface area contributed by atoms with Crippen LogP contribution in [0.3, 0.4) is 0 Å². The molecule has 3 rings (SSSR count). The first-order chi connectivity index (χ1) is 12.9. The summed E-state index contributed by atoms with van der Waals surface area (Å²) in [4.78, 5) is 28.7. The second kappa shape index (κ2) is 8.53. The summed E-state index contributed by atoms with van der Waals surface area (Å²) in [7, 11) is 0. The van der Waals surface area contributed by atoms with Crippen LogP contribution >= 0.6 is 11.3 Å². The standard InChI is InChI=1S/C22H26N2O2S/c1-15-6-4-10-24(14-15)22(26)20(13-19-7-5-11-27-19)23-21(25)18-9-8-16(2)17(3)12-18/h5,7-9,11-13,15H,4,6,10,14H2,1-3H3,(H,23,25)/b20-13-/t15-/m1/s1. The van der Waals surface area contributed by atoms with Crippen LogP contribution in [0.4, 0.5) is 0 Å². The van der Waals surface area contributed by atoms with Gasteiger partial charge in [-0.15, -0.1) is 11.3 Å². The monoisotopic (exact) mass is 382 g/mol. The molecule has 0 aliphatic carbocycles. The van der Waals surface area contributed by atoms with Crippen LogP contribution in [0.2, 0.25) is 0 Å². The molecule has 1 aliphatic heterocycles. The van der Waals surface area contributed by atoms with Crippen molar-refractivity contribution < 1.29 is 9.59 Å². The van der Waals surface area contributed by atoms with Crippen molar-refractivity contribution in [3.63, 3.8) is 0 Å². The van der Waals surface area contributed by atoms with Gasteiger partial charge in [0, 0.05) is 23.5 Å². The summed E-state index contributed by atoms with van der Waals surface area (Å²) in [5, 5.41) is 4.83. The molecule has 1 aromatic heterocycles. The lowest BCUT2D eigenvalue weighted by atomic mass is 10.00. The summed E-state index contributed by atoms with van der Waals surface area (Å²) in [6.45, 7) is 7.63. The van der Waals surface area contributed by atoms with E-state index in [-0.39, 0.29) is 11.8 Å². The Morgan fingerprint density at radius 3 is 2.70 bits per heavy atom. The zero-order valence-electron chi connectivity index (χ0n) is 16.1. The molecule has 0 bridgehead atoms. The molecule has 2 amide bonds. The second-order valence-electron chi connectivity index (χ2n) is 7.33. The molecule has 5 heteroatoms. The van der Waals surface area contributed by atoms with Crippen molar-refractivity contribution >= 4 is 29.2 Å². The van der Waals surface area contributed by atoms with Crippen LogP contribution in [0.15, 0.2) is 41.4 Å². The number of thiophene rings is 1. The van der Waals surface area contributed by atoms with Crippen LogP contribution in [-0.4, -0.2) is 29.8 Å². The molecule has 0 saturated carbocycles. The maximum absolute atomic E-state index is 13.1. The van der Waals surface area contributed by atoms with Crippen molar-refractivity contribution in [2.75, 3.05) is 13.1 Å². The fourth-order valence-corrected chi connectivity index (χ4v) is 3.95. The van der Waals surface area contributed by atoms with Crippen molar-refractivity contribution in [3.8, 4) is 0 Å². The van der Waals surface area contributed by atoms with Crippen molar-refractivity contribution in [2.45, 2.75) is 33.6 Å². The highest BCUT2D eigenvalue weighted by molar-refractivity contribution is 7.10. The van der Waals surface area contributed by atoms with Gasteiger partial charge in [-0.1, -0.05) is 19.1 Å². The van der Waals surface area contributed by atoms with E-state index >= 15 is 0 Å². The number of amides is 2. The third-order valence-electron chi connectivity index (χ3n) is 5.02. The number of aryl methyl sites for hydroxylation is 2. The van der Waals surface area contributed by atoms with Gasteiger partial charge in [0.25, 0.3) is 11.8 Å². The average molecular weight is 383 g/mol. The number of carbonyl (C=O) groups excluding carboxylic acids is 2. The largest absolute Gasteiger partial charge is 0.337 e.